The van der Waals surface area contributed by atoms with Crippen LogP contribution in [0.1, 0.15) is 18.9 Å². The van der Waals surface area contributed by atoms with Gasteiger partial charge in [-0.2, -0.15) is 13.2 Å². The molecule has 16 heavy (non-hydrogen) atoms. The second-order valence-electron chi connectivity index (χ2n) is 3.51. The molecule has 0 radical (unpaired) electrons. The van der Waals surface area contributed by atoms with Gasteiger partial charge in [0.1, 0.15) is 5.52 Å². The zero-order valence-corrected chi connectivity index (χ0v) is 8.62. The smallest absolute Gasteiger partial charge is 0.245 e. The molecule has 1 aromatic heterocycles. The number of benzene rings is 1. The molecule has 86 valence electrons. The van der Waals surface area contributed by atoms with Gasteiger partial charge < -0.3 is 0 Å². The summed E-state index contributed by atoms with van der Waals surface area (Å²) in [6, 6.07) is 3.45. The largest absolute Gasteiger partial charge is 0.416 e. The van der Waals surface area contributed by atoms with Crippen molar-refractivity contribution in [3.8, 4) is 0 Å². The Bertz CT molecular complexity index is 501. The van der Waals surface area contributed by atoms with Crippen molar-refractivity contribution in [1.82, 2.24) is 15.0 Å². The third kappa shape index (κ3) is 1.87. The van der Waals surface area contributed by atoms with E-state index < -0.39 is 11.7 Å². The van der Waals surface area contributed by atoms with Crippen molar-refractivity contribution in [3.05, 3.63) is 23.8 Å². The Morgan fingerprint density at radius 3 is 2.69 bits per heavy atom. The van der Waals surface area contributed by atoms with Crippen molar-refractivity contribution in [2.45, 2.75) is 26.1 Å². The van der Waals surface area contributed by atoms with E-state index in [2.05, 4.69) is 10.3 Å². The summed E-state index contributed by atoms with van der Waals surface area (Å²) in [5.74, 6) is 0. The summed E-state index contributed by atoms with van der Waals surface area (Å²) in [4.78, 5) is 0. The monoisotopic (exact) mass is 229 g/mol. The minimum Gasteiger partial charge on any atom is -0.245 e. The van der Waals surface area contributed by atoms with Crippen LogP contribution in [0.4, 0.5) is 13.2 Å². The summed E-state index contributed by atoms with van der Waals surface area (Å²) in [5, 5.41) is 7.61. The zero-order valence-electron chi connectivity index (χ0n) is 8.62. The molecule has 3 nitrogen and oxygen atoms in total. The zero-order chi connectivity index (χ0) is 11.8. The highest BCUT2D eigenvalue weighted by molar-refractivity contribution is 5.75. The number of aromatic nitrogens is 3. The predicted octanol–water partition coefficient (Wildman–Crippen LogP) is 2.86. The van der Waals surface area contributed by atoms with Crippen LogP contribution in [0, 0.1) is 0 Å². The highest BCUT2D eigenvalue weighted by Gasteiger charge is 2.30. The van der Waals surface area contributed by atoms with Crippen molar-refractivity contribution in [1.29, 1.82) is 0 Å². The van der Waals surface area contributed by atoms with Crippen LogP contribution < -0.4 is 0 Å². The van der Waals surface area contributed by atoms with Crippen molar-refractivity contribution >= 4 is 11.0 Å². The second kappa shape index (κ2) is 3.77. The Labute approximate surface area is 89.9 Å². The quantitative estimate of drug-likeness (QED) is 0.792. The Morgan fingerprint density at radius 2 is 2.06 bits per heavy atom. The van der Waals surface area contributed by atoms with E-state index in [0.717, 1.165) is 18.6 Å². The van der Waals surface area contributed by atoms with E-state index in [9.17, 15) is 13.2 Å². The summed E-state index contributed by atoms with van der Waals surface area (Å²) in [6.45, 7) is 2.50. The van der Waals surface area contributed by atoms with Crippen LogP contribution >= 0.6 is 0 Å². The van der Waals surface area contributed by atoms with Crippen LogP contribution in [0.25, 0.3) is 11.0 Å². The molecule has 0 spiro atoms. The number of hydrogen-bond acceptors (Lipinski definition) is 2. The summed E-state index contributed by atoms with van der Waals surface area (Å²) < 4.78 is 39.0. The molecule has 0 N–H and O–H groups in total. The van der Waals surface area contributed by atoms with E-state index in [1.165, 1.54) is 10.7 Å². The molecule has 2 aromatic rings. The lowest BCUT2D eigenvalue weighted by molar-refractivity contribution is -0.137. The van der Waals surface area contributed by atoms with E-state index in [0.29, 0.717) is 17.6 Å². The number of aryl methyl sites for hydroxylation is 1. The second-order valence-corrected chi connectivity index (χ2v) is 3.51. The van der Waals surface area contributed by atoms with Gasteiger partial charge in [-0.15, -0.1) is 5.10 Å². The summed E-state index contributed by atoms with van der Waals surface area (Å²) >= 11 is 0. The average molecular weight is 229 g/mol. The maximum atomic E-state index is 12.5. The van der Waals surface area contributed by atoms with Crippen LogP contribution in [-0.4, -0.2) is 15.0 Å². The number of alkyl halides is 3. The van der Waals surface area contributed by atoms with E-state index in [-0.39, 0.29) is 0 Å². The standard InChI is InChI=1S/C10H10F3N3/c1-2-5-16-9-6-7(10(11,12)13)3-4-8(9)14-15-16/h3-4,6H,2,5H2,1H3. The Kier molecular flexibility index (Phi) is 2.57. The van der Waals surface area contributed by atoms with Gasteiger partial charge in [0.15, 0.2) is 0 Å². The highest BCUT2D eigenvalue weighted by Crippen LogP contribution is 2.30. The minimum absolute atomic E-state index is 0.427. The molecule has 6 heteroatoms. The molecule has 0 saturated heterocycles. The van der Waals surface area contributed by atoms with Gasteiger partial charge in [0.25, 0.3) is 0 Å². The van der Waals surface area contributed by atoms with Crippen LogP contribution in [-0.2, 0) is 12.7 Å². The molecule has 1 aromatic carbocycles. The van der Waals surface area contributed by atoms with Gasteiger partial charge in [0.2, 0.25) is 0 Å². The maximum absolute atomic E-state index is 12.5. The molecule has 0 amide bonds. The Balaban J connectivity index is 2.54. The first-order valence-corrected chi connectivity index (χ1v) is 4.93. The van der Waals surface area contributed by atoms with Gasteiger partial charge in [0, 0.05) is 6.54 Å². The predicted molar refractivity (Wildman–Crippen MR) is 52.8 cm³/mol. The average Bonchev–Trinajstić information content (AvgIpc) is 2.60. The van der Waals surface area contributed by atoms with Crippen LogP contribution in [0.15, 0.2) is 18.2 Å². The summed E-state index contributed by atoms with van der Waals surface area (Å²) in [7, 11) is 0. The van der Waals surface area contributed by atoms with Crippen molar-refractivity contribution in [2.24, 2.45) is 0 Å². The molecule has 1 heterocycles. The molecule has 0 aliphatic rings. The number of fused-ring (bicyclic) bond motifs is 1. The molecule has 0 unspecified atom stereocenters. The molecule has 0 aliphatic heterocycles. The first kappa shape index (κ1) is 10.9. The molecule has 0 saturated carbocycles. The third-order valence-corrected chi connectivity index (χ3v) is 2.28. The number of rotatable bonds is 2. The molecular weight excluding hydrogens is 219 g/mol. The lowest BCUT2D eigenvalue weighted by Gasteiger charge is -2.06. The lowest BCUT2D eigenvalue weighted by Crippen LogP contribution is -2.05. The third-order valence-electron chi connectivity index (χ3n) is 2.28. The number of hydrogen-bond donors (Lipinski definition) is 0. The SMILES string of the molecule is CCCn1nnc2ccc(C(F)(F)F)cc21. The lowest BCUT2D eigenvalue weighted by atomic mass is 10.2. The van der Waals surface area contributed by atoms with E-state index in [1.807, 2.05) is 6.92 Å². The van der Waals surface area contributed by atoms with Crippen molar-refractivity contribution in [2.75, 3.05) is 0 Å². The first-order valence-electron chi connectivity index (χ1n) is 4.93. The minimum atomic E-state index is -4.32. The number of halogens is 3. The molecule has 2 rings (SSSR count). The summed E-state index contributed by atoms with van der Waals surface area (Å²) in [5.41, 5.74) is 0.248. The molecular formula is C10H10F3N3. The Hall–Kier alpha value is -1.59. The fraction of sp³-hybridized carbons (Fsp3) is 0.400. The van der Waals surface area contributed by atoms with Crippen molar-refractivity contribution < 1.29 is 13.2 Å². The molecule has 0 bridgehead atoms. The van der Waals surface area contributed by atoms with Crippen LogP contribution in [0.2, 0.25) is 0 Å². The van der Waals surface area contributed by atoms with Gasteiger partial charge in [-0.3, -0.25) is 0 Å². The van der Waals surface area contributed by atoms with E-state index in [4.69, 9.17) is 0 Å². The fourth-order valence-corrected chi connectivity index (χ4v) is 1.52. The molecule has 0 atom stereocenters. The van der Waals surface area contributed by atoms with Crippen molar-refractivity contribution in [3.63, 3.8) is 0 Å². The highest BCUT2D eigenvalue weighted by atomic mass is 19.4. The van der Waals surface area contributed by atoms with Gasteiger partial charge in [-0.05, 0) is 24.6 Å². The summed E-state index contributed by atoms with van der Waals surface area (Å²) in [6.07, 6.45) is -3.52. The topological polar surface area (TPSA) is 30.7 Å². The Morgan fingerprint density at radius 1 is 1.31 bits per heavy atom. The number of nitrogens with zero attached hydrogens (tertiary/aromatic N) is 3. The first-order chi connectivity index (χ1) is 7.52. The molecule has 0 aliphatic carbocycles. The van der Waals surface area contributed by atoms with Gasteiger partial charge in [-0.1, -0.05) is 12.1 Å². The van der Waals surface area contributed by atoms with Gasteiger partial charge in [0.05, 0.1) is 11.1 Å². The van der Waals surface area contributed by atoms with E-state index >= 15 is 0 Å². The van der Waals surface area contributed by atoms with Crippen LogP contribution in [0.5, 0.6) is 0 Å². The normalized spacial score (nSPS) is 12.2. The van der Waals surface area contributed by atoms with Gasteiger partial charge in [-0.25, -0.2) is 4.68 Å². The fourth-order valence-electron chi connectivity index (χ4n) is 1.52. The molecule has 0 fully saturated rings. The maximum Gasteiger partial charge on any atom is 0.416 e. The van der Waals surface area contributed by atoms with Gasteiger partial charge >= 0.3 is 6.18 Å². The van der Waals surface area contributed by atoms with E-state index in [1.54, 1.807) is 0 Å². The van der Waals surface area contributed by atoms with Crippen LogP contribution in [0.3, 0.4) is 0 Å².